The fourth-order valence-corrected chi connectivity index (χ4v) is 1.73. The van der Waals surface area contributed by atoms with Gasteiger partial charge in [-0.3, -0.25) is 0 Å². The molecule has 1 aliphatic rings. The van der Waals surface area contributed by atoms with Gasteiger partial charge in [-0.2, -0.15) is 0 Å². The van der Waals surface area contributed by atoms with Crippen LogP contribution in [0.15, 0.2) is 12.1 Å². The van der Waals surface area contributed by atoms with Crippen LogP contribution in [-0.2, 0) is 4.74 Å². The standard InChI is InChI=1S/C11H14FNO3/c1-15-10-4-7(8(12)5-9(10)14)11-6-13-2-3-16-11/h4-5,11,13-14H,2-3,6H2,1H3. The first-order valence-electron chi connectivity index (χ1n) is 5.11. The zero-order valence-electron chi connectivity index (χ0n) is 9.00. The van der Waals surface area contributed by atoms with Crippen molar-refractivity contribution < 1.29 is 19.0 Å². The number of phenolic OH excluding ortho intramolecular Hbond substituents is 1. The Morgan fingerprint density at radius 2 is 2.38 bits per heavy atom. The van der Waals surface area contributed by atoms with Crippen LogP contribution < -0.4 is 10.1 Å². The van der Waals surface area contributed by atoms with E-state index in [0.29, 0.717) is 18.7 Å². The Hall–Kier alpha value is -1.33. The van der Waals surface area contributed by atoms with Gasteiger partial charge >= 0.3 is 0 Å². The van der Waals surface area contributed by atoms with Crippen LogP contribution in [0.4, 0.5) is 4.39 Å². The molecule has 2 N–H and O–H groups in total. The van der Waals surface area contributed by atoms with E-state index in [0.717, 1.165) is 12.6 Å². The number of rotatable bonds is 2. The van der Waals surface area contributed by atoms with Gasteiger partial charge in [0.2, 0.25) is 0 Å². The molecule has 16 heavy (non-hydrogen) atoms. The smallest absolute Gasteiger partial charge is 0.161 e. The summed E-state index contributed by atoms with van der Waals surface area (Å²) in [6.07, 6.45) is -0.330. The van der Waals surface area contributed by atoms with E-state index < -0.39 is 5.82 Å². The van der Waals surface area contributed by atoms with E-state index in [2.05, 4.69) is 5.32 Å². The van der Waals surface area contributed by atoms with Gasteiger partial charge in [0, 0.05) is 24.7 Å². The molecule has 1 atom stereocenters. The largest absolute Gasteiger partial charge is 0.504 e. The average Bonchev–Trinajstić information content (AvgIpc) is 2.30. The Bertz CT molecular complexity index is 378. The minimum absolute atomic E-state index is 0.201. The number of hydrogen-bond donors (Lipinski definition) is 2. The van der Waals surface area contributed by atoms with Crippen LogP contribution >= 0.6 is 0 Å². The highest BCUT2D eigenvalue weighted by Gasteiger charge is 2.21. The van der Waals surface area contributed by atoms with E-state index in [-0.39, 0.29) is 17.6 Å². The number of phenols is 1. The molecular weight excluding hydrogens is 213 g/mol. The molecule has 88 valence electrons. The van der Waals surface area contributed by atoms with E-state index in [1.54, 1.807) is 0 Å². The Morgan fingerprint density at radius 1 is 1.56 bits per heavy atom. The number of morpholine rings is 1. The van der Waals surface area contributed by atoms with Crippen LogP contribution in [0.5, 0.6) is 11.5 Å². The highest BCUT2D eigenvalue weighted by molar-refractivity contribution is 5.43. The fourth-order valence-electron chi connectivity index (χ4n) is 1.73. The summed E-state index contributed by atoms with van der Waals surface area (Å²) in [5.74, 6) is -0.426. The van der Waals surface area contributed by atoms with Gasteiger partial charge in [0.15, 0.2) is 11.5 Å². The minimum atomic E-state index is -0.480. The average molecular weight is 227 g/mol. The lowest BCUT2D eigenvalue weighted by atomic mass is 10.1. The van der Waals surface area contributed by atoms with Crippen molar-refractivity contribution in [1.29, 1.82) is 0 Å². The highest BCUT2D eigenvalue weighted by atomic mass is 19.1. The molecule has 0 aliphatic carbocycles. The van der Waals surface area contributed by atoms with Crippen molar-refractivity contribution in [3.05, 3.63) is 23.5 Å². The monoisotopic (exact) mass is 227 g/mol. The SMILES string of the molecule is COc1cc(C2CNCCO2)c(F)cc1O. The summed E-state index contributed by atoms with van der Waals surface area (Å²) < 4.78 is 24.0. The molecule has 1 aliphatic heterocycles. The number of benzene rings is 1. The van der Waals surface area contributed by atoms with Crippen molar-refractivity contribution in [2.24, 2.45) is 0 Å². The molecule has 0 amide bonds. The zero-order valence-corrected chi connectivity index (χ0v) is 9.00. The zero-order chi connectivity index (χ0) is 11.5. The van der Waals surface area contributed by atoms with Crippen molar-refractivity contribution in [2.75, 3.05) is 26.8 Å². The first-order chi connectivity index (χ1) is 7.72. The molecule has 1 saturated heterocycles. The predicted molar refractivity (Wildman–Crippen MR) is 56.2 cm³/mol. The third kappa shape index (κ3) is 2.10. The summed E-state index contributed by atoms with van der Waals surface area (Å²) in [5.41, 5.74) is 0.404. The normalized spacial score (nSPS) is 20.8. The molecule has 0 radical (unpaired) electrons. The van der Waals surface area contributed by atoms with Gasteiger partial charge in [0.1, 0.15) is 5.82 Å². The number of ether oxygens (including phenoxy) is 2. The molecule has 5 heteroatoms. The third-order valence-corrected chi connectivity index (χ3v) is 2.57. The van der Waals surface area contributed by atoms with Gasteiger partial charge < -0.3 is 19.9 Å². The molecular formula is C11H14FNO3. The molecule has 1 aromatic rings. The third-order valence-electron chi connectivity index (χ3n) is 2.57. The van der Waals surface area contributed by atoms with Crippen LogP contribution in [0, 0.1) is 5.82 Å². The van der Waals surface area contributed by atoms with Crippen molar-refractivity contribution in [2.45, 2.75) is 6.10 Å². The Morgan fingerprint density at radius 3 is 3.00 bits per heavy atom. The number of hydrogen-bond acceptors (Lipinski definition) is 4. The van der Waals surface area contributed by atoms with E-state index in [1.165, 1.54) is 13.2 Å². The summed E-state index contributed by atoms with van der Waals surface area (Å²) in [6, 6.07) is 2.52. The number of halogens is 1. The lowest BCUT2D eigenvalue weighted by molar-refractivity contribution is 0.0253. The second-order valence-electron chi connectivity index (χ2n) is 3.61. The van der Waals surface area contributed by atoms with Crippen molar-refractivity contribution in [1.82, 2.24) is 5.32 Å². The Balaban J connectivity index is 2.31. The highest BCUT2D eigenvalue weighted by Crippen LogP contribution is 2.32. The van der Waals surface area contributed by atoms with E-state index in [9.17, 15) is 9.50 Å². The van der Waals surface area contributed by atoms with Crippen molar-refractivity contribution in [3.8, 4) is 11.5 Å². The maximum Gasteiger partial charge on any atom is 0.161 e. The molecule has 1 fully saturated rings. The van der Waals surface area contributed by atoms with E-state index in [4.69, 9.17) is 9.47 Å². The second kappa shape index (κ2) is 4.67. The Kier molecular flexibility index (Phi) is 3.26. The summed E-state index contributed by atoms with van der Waals surface area (Å²) in [6.45, 7) is 1.88. The van der Waals surface area contributed by atoms with Crippen LogP contribution in [0.2, 0.25) is 0 Å². The predicted octanol–water partition coefficient (Wildman–Crippen LogP) is 1.20. The molecule has 0 aromatic heterocycles. The molecule has 4 nitrogen and oxygen atoms in total. The summed E-state index contributed by atoms with van der Waals surface area (Å²) in [4.78, 5) is 0. The molecule has 1 heterocycles. The molecule has 2 rings (SSSR count). The van der Waals surface area contributed by atoms with Crippen molar-refractivity contribution >= 4 is 0 Å². The van der Waals surface area contributed by atoms with Gasteiger partial charge in [-0.05, 0) is 6.07 Å². The van der Waals surface area contributed by atoms with E-state index >= 15 is 0 Å². The van der Waals surface area contributed by atoms with Crippen LogP contribution in [0.1, 0.15) is 11.7 Å². The van der Waals surface area contributed by atoms with E-state index in [1.807, 2.05) is 0 Å². The first-order valence-corrected chi connectivity index (χ1v) is 5.11. The molecule has 1 aromatic carbocycles. The van der Waals surface area contributed by atoms with Crippen LogP contribution in [-0.4, -0.2) is 31.9 Å². The van der Waals surface area contributed by atoms with Crippen molar-refractivity contribution in [3.63, 3.8) is 0 Å². The number of nitrogens with one attached hydrogen (secondary N) is 1. The lowest BCUT2D eigenvalue weighted by Gasteiger charge is -2.24. The van der Waals surface area contributed by atoms with Crippen LogP contribution in [0.25, 0.3) is 0 Å². The molecule has 1 unspecified atom stereocenters. The minimum Gasteiger partial charge on any atom is -0.504 e. The van der Waals surface area contributed by atoms with Gasteiger partial charge in [0.25, 0.3) is 0 Å². The lowest BCUT2D eigenvalue weighted by Crippen LogP contribution is -2.33. The van der Waals surface area contributed by atoms with Gasteiger partial charge in [0.05, 0.1) is 19.8 Å². The van der Waals surface area contributed by atoms with Crippen LogP contribution in [0.3, 0.4) is 0 Å². The Labute approximate surface area is 93.0 Å². The maximum absolute atomic E-state index is 13.6. The molecule has 0 bridgehead atoms. The summed E-state index contributed by atoms with van der Waals surface area (Å²) in [5, 5.41) is 12.5. The summed E-state index contributed by atoms with van der Waals surface area (Å²) in [7, 11) is 1.43. The first kappa shape index (κ1) is 11.2. The van der Waals surface area contributed by atoms with Gasteiger partial charge in [-0.25, -0.2) is 4.39 Å². The fraction of sp³-hybridized carbons (Fsp3) is 0.455. The van der Waals surface area contributed by atoms with Gasteiger partial charge in [-0.1, -0.05) is 0 Å². The summed E-state index contributed by atoms with van der Waals surface area (Å²) >= 11 is 0. The maximum atomic E-state index is 13.6. The quantitative estimate of drug-likeness (QED) is 0.797. The van der Waals surface area contributed by atoms with Gasteiger partial charge in [-0.15, -0.1) is 0 Å². The molecule has 0 spiro atoms. The topological polar surface area (TPSA) is 50.7 Å². The number of aromatic hydroxyl groups is 1. The molecule has 0 saturated carbocycles. The number of methoxy groups -OCH3 is 1. The second-order valence-corrected chi connectivity index (χ2v) is 3.61.